The van der Waals surface area contributed by atoms with Crippen molar-refractivity contribution in [2.45, 2.75) is 44.6 Å². The minimum absolute atomic E-state index is 0.328. The molecule has 2 rings (SSSR count). The van der Waals surface area contributed by atoms with E-state index < -0.39 is 0 Å². The number of hydrogen-bond donors (Lipinski definition) is 0. The van der Waals surface area contributed by atoms with E-state index in [1.54, 1.807) is 0 Å². The fourth-order valence-corrected chi connectivity index (χ4v) is 2.81. The third kappa shape index (κ3) is 3.95. The molecule has 98 valence electrons. The number of ketones is 1. The Bertz CT molecular complexity index is 368. The summed E-state index contributed by atoms with van der Waals surface area (Å²) in [6.07, 6.45) is 7.09. The summed E-state index contributed by atoms with van der Waals surface area (Å²) in [5, 5.41) is 0. The van der Waals surface area contributed by atoms with Crippen LogP contribution in [-0.2, 0) is 11.2 Å². The molecule has 1 fully saturated rings. The zero-order chi connectivity index (χ0) is 12.8. The highest BCUT2D eigenvalue weighted by molar-refractivity contribution is 5.82. The quantitative estimate of drug-likeness (QED) is 0.794. The average Bonchev–Trinajstić information content (AvgIpc) is 2.40. The largest absolute Gasteiger partial charge is 0.298 e. The van der Waals surface area contributed by atoms with Crippen molar-refractivity contribution in [2.24, 2.45) is 0 Å². The molecule has 0 heterocycles. The van der Waals surface area contributed by atoms with Crippen LogP contribution >= 0.6 is 0 Å². The second-order valence-corrected chi connectivity index (χ2v) is 5.41. The Hall–Kier alpha value is -1.15. The highest BCUT2D eigenvalue weighted by Gasteiger charge is 2.19. The van der Waals surface area contributed by atoms with Crippen molar-refractivity contribution < 1.29 is 4.79 Å². The van der Waals surface area contributed by atoms with Crippen LogP contribution in [0, 0.1) is 0 Å². The van der Waals surface area contributed by atoms with Gasteiger partial charge in [0.1, 0.15) is 0 Å². The van der Waals surface area contributed by atoms with Gasteiger partial charge in [-0.1, -0.05) is 49.6 Å². The lowest BCUT2D eigenvalue weighted by Gasteiger charge is -2.30. The summed E-state index contributed by atoms with van der Waals surface area (Å²) in [6, 6.07) is 10.7. The van der Waals surface area contributed by atoms with Gasteiger partial charge in [-0.3, -0.25) is 9.69 Å². The topological polar surface area (TPSA) is 20.3 Å². The Morgan fingerprint density at radius 1 is 1.17 bits per heavy atom. The van der Waals surface area contributed by atoms with Crippen LogP contribution in [0.15, 0.2) is 30.3 Å². The van der Waals surface area contributed by atoms with E-state index in [4.69, 9.17) is 0 Å². The van der Waals surface area contributed by atoms with Crippen LogP contribution in [0.1, 0.15) is 37.7 Å². The van der Waals surface area contributed by atoms with Crippen molar-refractivity contribution in [1.29, 1.82) is 0 Å². The van der Waals surface area contributed by atoms with E-state index in [2.05, 4.69) is 11.9 Å². The zero-order valence-electron chi connectivity index (χ0n) is 11.3. The minimum atomic E-state index is 0.328. The third-order valence-corrected chi connectivity index (χ3v) is 3.87. The van der Waals surface area contributed by atoms with Crippen LogP contribution in [0.25, 0.3) is 0 Å². The molecule has 0 radical (unpaired) electrons. The Morgan fingerprint density at radius 3 is 2.50 bits per heavy atom. The van der Waals surface area contributed by atoms with Crippen LogP contribution in [-0.4, -0.2) is 30.3 Å². The van der Waals surface area contributed by atoms with Gasteiger partial charge in [-0.2, -0.15) is 0 Å². The molecular formula is C16H23NO. The summed E-state index contributed by atoms with van der Waals surface area (Å²) in [6.45, 7) is 0.597. The SMILES string of the molecule is CN(CC(=O)Cc1ccccc1)C1CCCCC1. The van der Waals surface area contributed by atoms with Crippen LogP contribution in [0.4, 0.5) is 0 Å². The normalized spacial score (nSPS) is 17.0. The first kappa shape index (κ1) is 13.3. The molecule has 0 atom stereocenters. The van der Waals surface area contributed by atoms with Crippen molar-refractivity contribution in [3.05, 3.63) is 35.9 Å². The van der Waals surface area contributed by atoms with E-state index in [1.807, 2.05) is 30.3 Å². The summed E-state index contributed by atoms with van der Waals surface area (Å²) >= 11 is 0. The molecule has 1 aliphatic carbocycles. The predicted molar refractivity (Wildman–Crippen MR) is 74.7 cm³/mol. The first-order chi connectivity index (χ1) is 8.75. The van der Waals surface area contributed by atoms with Gasteiger partial charge in [0, 0.05) is 12.5 Å². The van der Waals surface area contributed by atoms with Crippen LogP contribution in [0.2, 0.25) is 0 Å². The summed E-state index contributed by atoms with van der Waals surface area (Å²) in [7, 11) is 2.10. The van der Waals surface area contributed by atoms with E-state index in [-0.39, 0.29) is 0 Å². The number of nitrogens with zero attached hydrogens (tertiary/aromatic N) is 1. The van der Waals surface area contributed by atoms with E-state index >= 15 is 0 Å². The lowest BCUT2D eigenvalue weighted by molar-refractivity contribution is -0.119. The van der Waals surface area contributed by atoms with Crippen LogP contribution < -0.4 is 0 Å². The molecule has 18 heavy (non-hydrogen) atoms. The Kier molecular flexibility index (Phi) is 4.94. The maximum Gasteiger partial charge on any atom is 0.151 e. The molecule has 0 N–H and O–H groups in total. The molecule has 2 nitrogen and oxygen atoms in total. The molecule has 1 aliphatic rings. The lowest BCUT2D eigenvalue weighted by atomic mass is 9.94. The van der Waals surface area contributed by atoms with E-state index in [1.165, 1.54) is 32.1 Å². The minimum Gasteiger partial charge on any atom is -0.298 e. The Balaban J connectivity index is 1.79. The van der Waals surface area contributed by atoms with Crippen LogP contribution in [0.5, 0.6) is 0 Å². The third-order valence-electron chi connectivity index (χ3n) is 3.87. The van der Waals surface area contributed by atoms with Gasteiger partial charge in [0.05, 0.1) is 6.54 Å². The van der Waals surface area contributed by atoms with Gasteiger partial charge in [-0.15, -0.1) is 0 Å². The molecule has 0 amide bonds. The molecular weight excluding hydrogens is 222 g/mol. The van der Waals surface area contributed by atoms with Gasteiger partial charge in [0.2, 0.25) is 0 Å². The second-order valence-electron chi connectivity index (χ2n) is 5.41. The first-order valence-electron chi connectivity index (χ1n) is 7.01. The smallest absolute Gasteiger partial charge is 0.151 e. The maximum absolute atomic E-state index is 12.0. The van der Waals surface area contributed by atoms with Gasteiger partial charge >= 0.3 is 0 Å². The number of carbonyl (C=O) groups is 1. The standard InChI is InChI=1S/C16H23NO/c1-17(15-10-6-3-7-11-15)13-16(18)12-14-8-4-2-5-9-14/h2,4-5,8-9,15H,3,6-7,10-13H2,1H3. The molecule has 0 spiro atoms. The molecule has 0 saturated heterocycles. The second kappa shape index (κ2) is 6.69. The fraction of sp³-hybridized carbons (Fsp3) is 0.562. The van der Waals surface area contributed by atoms with Crippen molar-refractivity contribution >= 4 is 5.78 Å². The summed E-state index contributed by atoms with van der Waals surface area (Å²) in [5.41, 5.74) is 1.12. The number of likely N-dealkylation sites (N-methyl/N-ethyl adjacent to an activating group) is 1. The van der Waals surface area contributed by atoms with Gasteiger partial charge in [0.15, 0.2) is 5.78 Å². The monoisotopic (exact) mass is 245 g/mol. The molecule has 1 saturated carbocycles. The number of Topliss-reactive ketones (excluding diaryl/α,β-unsaturated/α-hetero) is 1. The predicted octanol–water partition coefficient (Wildman–Crippen LogP) is 3.06. The highest BCUT2D eigenvalue weighted by Crippen LogP contribution is 2.21. The van der Waals surface area contributed by atoms with Gasteiger partial charge in [-0.05, 0) is 25.5 Å². The first-order valence-corrected chi connectivity index (χ1v) is 7.01. The number of carbonyl (C=O) groups excluding carboxylic acids is 1. The molecule has 0 unspecified atom stereocenters. The average molecular weight is 245 g/mol. The molecule has 1 aromatic carbocycles. The number of rotatable bonds is 5. The molecule has 2 heteroatoms. The maximum atomic E-state index is 12.0. The number of benzene rings is 1. The molecule has 0 bridgehead atoms. The van der Waals surface area contributed by atoms with Crippen LogP contribution in [0.3, 0.4) is 0 Å². The summed E-state index contributed by atoms with van der Waals surface area (Å²) in [4.78, 5) is 14.3. The van der Waals surface area contributed by atoms with Gasteiger partial charge < -0.3 is 0 Å². The van der Waals surface area contributed by atoms with Crippen molar-refractivity contribution in [3.63, 3.8) is 0 Å². The van der Waals surface area contributed by atoms with Crippen molar-refractivity contribution in [3.8, 4) is 0 Å². The molecule has 1 aromatic rings. The fourth-order valence-electron chi connectivity index (χ4n) is 2.81. The molecule has 0 aromatic heterocycles. The summed E-state index contributed by atoms with van der Waals surface area (Å²) in [5.74, 6) is 0.328. The Morgan fingerprint density at radius 2 is 1.83 bits per heavy atom. The van der Waals surface area contributed by atoms with Gasteiger partial charge in [-0.25, -0.2) is 0 Å². The van der Waals surface area contributed by atoms with E-state index in [0.29, 0.717) is 24.8 Å². The van der Waals surface area contributed by atoms with Crippen molar-refractivity contribution in [1.82, 2.24) is 4.90 Å². The lowest BCUT2D eigenvalue weighted by Crippen LogP contribution is -2.37. The van der Waals surface area contributed by atoms with E-state index in [0.717, 1.165) is 5.56 Å². The summed E-state index contributed by atoms with van der Waals surface area (Å²) < 4.78 is 0. The number of hydrogen-bond acceptors (Lipinski definition) is 2. The van der Waals surface area contributed by atoms with Gasteiger partial charge in [0.25, 0.3) is 0 Å². The van der Waals surface area contributed by atoms with E-state index in [9.17, 15) is 4.79 Å². The highest BCUT2D eigenvalue weighted by atomic mass is 16.1. The van der Waals surface area contributed by atoms with Crippen molar-refractivity contribution in [2.75, 3.05) is 13.6 Å². The molecule has 0 aliphatic heterocycles. The Labute approximate surface area is 110 Å². The zero-order valence-corrected chi connectivity index (χ0v) is 11.3.